The fourth-order valence-electron chi connectivity index (χ4n) is 3.32. The van der Waals surface area contributed by atoms with E-state index in [2.05, 4.69) is 14.9 Å². The smallest absolute Gasteiger partial charge is 0.211 e. The third kappa shape index (κ3) is 3.17. The summed E-state index contributed by atoms with van der Waals surface area (Å²) in [5.74, 6) is 0.556. The Kier molecular flexibility index (Phi) is 4.16. The topological polar surface area (TPSA) is 69.3 Å². The van der Waals surface area contributed by atoms with Crippen molar-refractivity contribution in [1.29, 1.82) is 0 Å². The molecule has 0 aliphatic carbocycles. The lowest BCUT2D eigenvalue weighted by molar-refractivity contribution is 0.387. The summed E-state index contributed by atoms with van der Waals surface area (Å²) in [5.41, 5.74) is 2.67. The van der Waals surface area contributed by atoms with E-state index in [1.165, 1.54) is 22.7 Å². The molecule has 8 heteroatoms. The number of rotatable bonds is 3. The molecule has 0 spiro atoms. The summed E-state index contributed by atoms with van der Waals surface area (Å²) in [6.07, 6.45) is 4.89. The van der Waals surface area contributed by atoms with E-state index in [9.17, 15) is 12.8 Å². The van der Waals surface area contributed by atoms with Crippen LogP contribution in [0.2, 0.25) is 0 Å². The highest BCUT2D eigenvalue weighted by atomic mass is 32.2. The molecule has 1 saturated heterocycles. The number of piperazine rings is 1. The third-order valence-electron chi connectivity index (χ3n) is 4.73. The zero-order valence-electron chi connectivity index (χ0n) is 14.3. The number of fused-ring (bicyclic) bond motifs is 1. The number of aromatic nitrogens is 2. The van der Waals surface area contributed by atoms with Gasteiger partial charge in [-0.2, -0.15) is 4.31 Å². The number of sulfonamides is 1. The van der Waals surface area contributed by atoms with Crippen LogP contribution in [0, 0.1) is 5.82 Å². The lowest BCUT2D eigenvalue weighted by Crippen LogP contribution is -2.48. The van der Waals surface area contributed by atoms with E-state index in [-0.39, 0.29) is 5.82 Å². The van der Waals surface area contributed by atoms with Crippen LogP contribution in [0.4, 0.5) is 10.2 Å². The second kappa shape index (κ2) is 6.37. The quantitative estimate of drug-likeness (QED) is 0.765. The molecule has 0 amide bonds. The van der Waals surface area contributed by atoms with Crippen molar-refractivity contribution in [1.82, 2.24) is 14.3 Å². The number of H-pyrrole nitrogens is 1. The Morgan fingerprint density at radius 1 is 1.12 bits per heavy atom. The number of nitrogens with zero attached hydrogens (tertiary/aromatic N) is 3. The lowest BCUT2D eigenvalue weighted by atomic mass is 10.1. The highest BCUT2D eigenvalue weighted by Gasteiger charge is 2.24. The number of hydrogen-bond donors (Lipinski definition) is 1. The van der Waals surface area contributed by atoms with Gasteiger partial charge in [0.05, 0.1) is 6.26 Å². The molecule has 3 heterocycles. The molecule has 1 aromatic carbocycles. The number of nitrogens with one attached hydrogen (secondary N) is 1. The van der Waals surface area contributed by atoms with Gasteiger partial charge in [-0.15, -0.1) is 0 Å². The van der Waals surface area contributed by atoms with E-state index < -0.39 is 10.0 Å². The zero-order chi connectivity index (χ0) is 18.3. The molecule has 1 aliphatic heterocycles. The highest BCUT2D eigenvalue weighted by molar-refractivity contribution is 7.88. The summed E-state index contributed by atoms with van der Waals surface area (Å²) in [7, 11) is -3.14. The van der Waals surface area contributed by atoms with Gasteiger partial charge in [0.2, 0.25) is 10.0 Å². The minimum absolute atomic E-state index is 0.271. The fourth-order valence-corrected chi connectivity index (χ4v) is 4.15. The minimum atomic E-state index is -3.14. The summed E-state index contributed by atoms with van der Waals surface area (Å²) in [6.45, 7) is 2.17. The second-order valence-electron chi connectivity index (χ2n) is 6.45. The van der Waals surface area contributed by atoms with Gasteiger partial charge in [0.1, 0.15) is 11.6 Å². The van der Waals surface area contributed by atoms with E-state index in [0.717, 1.165) is 27.8 Å². The number of hydrogen-bond acceptors (Lipinski definition) is 4. The fraction of sp³-hybridized carbons (Fsp3) is 0.278. The van der Waals surface area contributed by atoms with Crippen molar-refractivity contribution in [2.24, 2.45) is 0 Å². The largest absolute Gasteiger partial charge is 0.360 e. The number of halogens is 1. The molecule has 0 atom stereocenters. The minimum Gasteiger partial charge on any atom is -0.360 e. The van der Waals surface area contributed by atoms with Crippen LogP contribution in [-0.4, -0.2) is 55.1 Å². The molecule has 0 radical (unpaired) electrons. The SMILES string of the molecule is CS(=O)(=O)N1CCN(c2ccc(-c3c[nH]c4cc(F)ccc34)cn2)CC1. The number of pyridine rings is 1. The average molecular weight is 374 g/mol. The number of aromatic amines is 1. The zero-order valence-corrected chi connectivity index (χ0v) is 15.1. The average Bonchev–Trinajstić information content (AvgIpc) is 3.04. The summed E-state index contributed by atoms with van der Waals surface area (Å²) in [4.78, 5) is 9.70. The second-order valence-corrected chi connectivity index (χ2v) is 8.43. The molecule has 1 aliphatic rings. The van der Waals surface area contributed by atoms with Crippen LogP contribution >= 0.6 is 0 Å². The van der Waals surface area contributed by atoms with Crippen molar-refractivity contribution < 1.29 is 12.8 Å². The van der Waals surface area contributed by atoms with Gasteiger partial charge in [-0.1, -0.05) is 0 Å². The van der Waals surface area contributed by atoms with Crippen LogP contribution in [-0.2, 0) is 10.0 Å². The Hall–Kier alpha value is -2.45. The van der Waals surface area contributed by atoms with Gasteiger partial charge in [-0.05, 0) is 30.3 Å². The van der Waals surface area contributed by atoms with Crippen molar-refractivity contribution in [3.05, 3.63) is 48.5 Å². The maximum Gasteiger partial charge on any atom is 0.211 e. The van der Waals surface area contributed by atoms with E-state index in [1.54, 1.807) is 12.3 Å². The van der Waals surface area contributed by atoms with Gasteiger partial charge < -0.3 is 9.88 Å². The van der Waals surface area contributed by atoms with Crippen molar-refractivity contribution in [2.45, 2.75) is 0 Å². The van der Waals surface area contributed by atoms with Gasteiger partial charge in [-0.3, -0.25) is 0 Å². The first-order valence-corrected chi connectivity index (χ1v) is 10.2. The van der Waals surface area contributed by atoms with Gasteiger partial charge in [-0.25, -0.2) is 17.8 Å². The highest BCUT2D eigenvalue weighted by Crippen LogP contribution is 2.29. The summed E-state index contributed by atoms with van der Waals surface area (Å²) in [6, 6.07) is 8.60. The molecule has 3 aromatic rings. The van der Waals surface area contributed by atoms with Crippen molar-refractivity contribution >= 4 is 26.7 Å². The Labute approximate surface area is 151 Å². The van der Waals surface area contributed by atoms with Crippen LogP contribution in [0.5, 0.6) is 0 Å². The lowest BCUT2D eigenvalue weighted by Gasteiger charge is -2.34. The number of benzene rings is 1. The molecule has 1 N–H and O–H groups in total. The van der Waals surface area contributed by atoms with Gasteiger partial charge in [0.25, 0.3) is 0 Å². The molecule has 0 saturated carbocycles. The first kappa shape index (κ1) is 17.0. The first-order valence-electron chi connectivity index (χ1n) is 8.35. The normalized spacial score (nSPS) is 16.3. The van der Waals surface area contributed by atoms with Gasteiger partial charge in [0, 0.05) is 60.6 Å². The summed E-state index contributed by atoms with van der Waals surface area (Å²) >= 11 is 0. The Balaban J connectivity index is 1.54. The standard InChI is InChI=1S/C18H19FN4O2S/c1-26(24,25)23-8-6-22(7-9-23)18-5-2-13(11-21-18)16-12-20-17-10-14(19)3-4-15(16)17/h2-5,10-12,20H,6-9H2,1H3. The molecule has 2 aromatic heterocycles. The van der Waals surface area contributed by atoms with Crippen molar-refractivity contribution in [2.75, 3.05) is 37.3 Å². The van der Waals surface area contributed by atoms with Crippen LogP contribution in [0.25, 0.3) is 22.0 Å². The number of anilines is 1. The maximum atomic E-state index is 13.3. The molecule has 26 heavy (non-hydrogen) atoms. The first-order chi connectivity index (χ1) is 12.4. The monoisotopic (exact) mass is 374 g/mol. The van der Waals surface area contributed by atoms with E-state index in [4.69, 9.17) is 0 Å². The Bertz CT molecular complexity index is 1040. The van der Waals surface area contributed by atoms with Crippen molar-refractivity contribution in [3.8, 4) is 11.1 Å². The van der Waals surface area contributed by atoms with Crippen LogP contribution < -0.4 is 4.90 Å². The molecule has 0 unspecified atom stereocenters. The molecule has 1 fully saturated rings. The molecule has 4 rings (SSSR count). The van der Waals surface area contributed by atoms with E-state index >= 15 is 0 Å². The Morgan fingerprint density at radius 3 is 2.54 bits per heavy atom. The molecular weight excluding hydrogens is 355 g/mol. The van der Waals surface area contributed by atoms with Crippen LogP contribution in [0.3, 0.4) is 0 Å². The third-order valence-corrected chi connectivity index (χ3v) is 6.04. The molecular formula is C18H19FN4O2S. The van der Waals surface area contributed by atoms with Gasteiger partial charge in [0.15, 0.2) is 0 Å². The predicted octanol–water partition coefficient (Wildman–Crippen LogP) is 2.45. The predicted molar refractivity (Wildman–Crippen MR) is 100 cm³/mol. The molecule has 136 valence electrons. The summed E-state index contributed by atoms with van der Waals surface area (Å²) < 4.78 is 38.0. The van der Waals surface area contributed by atoms with E-state index in [0.29, 0.717) is 26.2 Å². The molecule has 6 nitrogen and oxygen atoms in total. The summed E-state index contributed by atoms with van der Waals surface area (Å²) in [5, 5.41) is 0.947. The van der Waals surface area contributed by atoms with Gasteiger partial charge >= 0.3 is 0 Å². The Morgan fingerprint density at radius 2 is 1.88 bits per heavy atom. The maximum absolute atomic E-state index is 13.3. The van der Waals surface area contributed by atoms with Crippen molar-refractivity contribution in [3.63, 3.8) is 0 Å². The van der Waals surface area contributed by atoms with E-state index in [1.807, 2.05) is 18.3 Å². The van der Waals surface area contributed by atoms with Crippen LogP contribution in [0.1, 0.15) is 0 Å². The van der Waals surface area contributed by atoms with Crippen LogP contribution in [0.15, 0.2) is 42.7 Å². The molecule has 0 bridgehead atoms.